The summed E-state index contributed by atoms with van der Waals surface area (Å²) in [5.74, 6) is 0.268. The van der Waals surface area contributed by atoms with E-state index in [9.17, 15) is 9.59 Å². The number of ether oxygens (including phenoxy) is 1. The second kappa shape index (κ2) is 10.3. The van der Waals surface area contributed by atoms with Crippen molar-refractivity contribution >= 4 is 51.7 Å². The Kier molecular flexibility index (Phi) is 6.99. The minimum atomic E-state index is -0.231. The molecule has 2 aliphatic rings. The van der Waals surface area contributed by atoms with E-state index >= 15 is 0 Å². The molecule has 0 bridgehead atoms. The van der Waals surface area contributed by atoms with Gasteiger partial charge < -0.3 is 10.1 Å². The van der Waals surface area contributed by atoms with Crippen LogP contribution in [-0.2, 0) is 16.0 Å². The van der Waals surface area contributed by atoms with Gasteiger partial charge >= 0.3 is 0 Å². The molecule has 0 saturated carbocycles. The largest absolute Gasteiger partial charge is 0.376 e. The van der Waals surface area contributed by atoms with Crippen LogP contribution in [0.1, 0.15) is 29.5 Å². The van der Waals surface area contributed by atoms with E-state index in [2.05, 4.69) is 17.4 Å². The first-order valence-electron chi connectivity index (χ1n) is 11.7. The molecule has 180 valence electrons. The molecular formula is C26H26N4O3S2. The Labute approximate surface area is 213 Å². The molecule has 2 saturated heterocycles. The first-order valence-corrected chi connectivity index (χ1v) is 12.9. The predicted molar refractivity (Wildman–Crippen MR) is 144 cm³/mol. The van der Waals surface area contributed by atoms with Gasteiger partial charge in [0, 0.05) is 19.3 Å². The van der Waals surface area contributed by atoms with Crippen LogP contribution >= 0.6 is 24.0 Å². The van der Waals surface area contributed by atoms with E-state index in [-0.39, 0.29) is 17.6 Å². The lowest BCUT2D eigenvalue weighted by Gasteiger charge is -2.18. The molecule has 0 aliphatic carbocycles. The number of nitrogens with one attached hydrogen (secondary N) is 1. The summed E-state index contributed by atoms with van der Waals surface area (Å²) in [5, 5.41) is 3.34. The van der Waals surface area contributed by atoms with Crippen molar-refractivity contribution in [1.82, 2.24) is 14.3 Å². The molecule has 1 N–H and O–H groups in total. The highest BCUT2D eigenvalue weighted by molar-refractivity contribution is 8.26. The number of aromatic nitrogens is 2. The molecule has 3 aromatic rings. The van der Waals surface area contributed by atoms with Crippen molar-refractivity contribution in [3.63, 3.8) is 0 Å². The van der Waals surface area contributed by atoms with Crippen molar-refractivity contribution in [3.05, 3.63) is 80.6 Å². The summed E-state index contributed by atoms with van der Waals surface area (Å²) in [6.45, 7) is 3.68. The van der Waals surface area contributed by atoms with Crippen molar-refractivity contribution in [2.75, 3.05) is 25.0 Å². The molecule has 0 spiro atoms. The molecule has 9 heteroatoms. The predicted octanol–water partition coefficient (Wildman–Crippen LogP) is 4.04. The van der Waals surface area contributed by atoms with Gasteiger partial charge in [-0.3, -0.25) is 18.9 Å². The second-order valence-corrected chi connectivity index (χ2v) is 10.3. The highest BCUT2D eigenvalue weighted by Gasteiger charge is 2.35. The van der Waals surface area contributed by atoms with E-state index in [0.717, 1.165) is 24.8 Å². The van der Waals surface area contributed by atoms with Crippen molar-refractivity contribution in [1.29, 1.82) is 0 Å². The molecule has 7 nitrogen and oxygen atoms in total. The number of rotatable bonds is 7. The summed E-state index contributed by atoms with van der Waals surface area (Å²) in [7, 11) is 0. The molecule has 5 rings (SSSR count). The quantitative estimate of drug-likeness (QED) is 0.383. The Morgan fingerprint density at radius 1 is 1.23 bits per heavy atom. The maximum atomic E-state index is 13.5. The fraction of sp³-hybridized carbons (Fsp3) is 0.308. The maximum Gasteiger partial charge on any atom is 0.267 e. The number of carbonyl (C=O) groups excluding carboxylic acids is 1. The van der Waals surface area contributed by atoms with Gasteiger partial charge in [0.2, 0.25) is 0 Å². The van der Waals surface area contributed by atoms with E-state index in [1.54, 1.807) is 17.2 Å². The zero-order chi connectivity index (χ0) is 24.4. The molecule has 1 aromatic carbocycles. The number of hydrogen-bond donors (Lipinski definition) is 1. The summed E-state index contributed by atoms with van der Waals surface area (Å²) in [6.07, 6.45) is 6.02. The SMILES string of the molecule is Cc1cccn2c(=O)c(/C=C3\SC(=S)N(C[C@H]4CCCO4)C3=O)c(NCCc3ccccc3)nc12. The summed E-state index contributed by atoms with van der Waals surface area (Å²) < 4.78 is 7.70. The molecule has 2 aromatic heterocycles. The van der Waals surface area contributed by atoms with E-state index < -0.39 is 0 Å². The molecule has 0 unspecified atom stereocenters. The summed E-state index contributed by atoms with van der Waals surface area (Å²) in [5.41, 5.74) is 2.78. The fourth-order valence-corrected chi connectivity index (χ4v) is 5.58. The first kappa shape index (κ1) is 23.7. The van der Waals surface area contributed by atoms with E-state index in [1.807, 2.05) is 37.3 Å². The van der Waals surface area contributed by atoms with Gasteiger partial charge in [0.25, 0.3) is 11.5 Å². The number of amides is 1. The zero-order valence-electron chi connectivity index (χ0n) is 19.4. The molecule has 2 fully saturated rings. The Hall–Kier alpha value is -3.01. The van der Waals surface area contributed by atoms with Crippen LogP contribution in [0.3, 0.4) is 0 Å². The number of thioether (sulfide) groups is 1. The van der Waals surface area contributed by atoms with Gasteiger partial charge in [-0.1, -0.05) is 60.4 Å². The van der Waals surface area contributed by atoms with Crippen molar-refractivity contribution in [2.24, 2.45) is 0 Å². The summed E-state index contributed by atoms with van der Waals surface area (Å²) in [4.78, 5) is 33.5. The van der Waals surface area contributed by atoms with Crippen molar-refractivity contribution in [3.8, 4) is 0 Å². The summed E-state index contributed by atoms with van der Waals surface area (Å²) >= 11 is 6.70. The number of aryl methyl sites for hydroxylation is 1. The Bertz CT molecular complexity index is 1360. The third-order valence-electron chi connectivity index (χ3n) is 6.19. The van der Waals surface area contributed by atoms with Crippen LogP contribution < -0.4 is 10.9 Å². The first-order chi connectivity index (χ1) is 17.0. The van der Waals surface area contributed by atoms with Crippen molar-refractivity contribution < 1.29 is 9.53 Å². The fourth-order valence-electron chi connectivity index (χ4n) is 4.33. The maximum absolute atomic E-state index is 13.5. The van der Waals surface area contributed by atoms with Crippen LogP contribution in [0.4, 0.5) is 5.82 Å². The van der Waals surface area contributed by atoms with Gasteiger partial charge in [0.05, 0.1) is 23.1 Å². The van der Waals surface area contributed by atoms with Crippen LogP contribution in [0.5, 0.6) is 0 Å². The van der Waals surface area contributed by atoms with Gasteiger partial charge in [-0.15, -0.1) is 0 Å². The smallest absolute Gasteiger partial charge is 0.267 e. The van der Waals surface area contributed by atoms with Crippen molar-refractivity contribution in [2.45, 2.75) is 32.3 Å². The molecule has 4 heterocycles. The average molecular weight is 507 g/mol. The molecule has 1 atom stereocenters. The zero-order valence-corrected chi connectivity index (χ0v) is 21.0. The monoisotopic (exact) mass is 506 g/mol. The lowest BCUT2D eigenvalue weighted by molar-refractivity contribution is -0.123. The number of nitrogens with zero attached hydrogens (tertiary/aromatic N) is 3. The van der Waals surface area contributed by atoms with Gasteiger partial charge in [-0.25, -0.2) is 4.98 Å². The normalized spacial score (nSPS) is 19.3. The van der Waals surface area contributed by atoms with Crippen LogP contribution in [0, 0.1) is 6.92 Å². The second-order valence-electron chi connectivity index (χ2n) is 8.65. The number of pyridine rings is 1. The Morgan fingerprint density at radius 3 is 2.83 bits per heavy atom. The third-order valence-corrected chi connectivity index (χ3v) is 7.57. The lowest BCUT2D eigenvalue weighted by Crippen LogP contribution is -2.35. The van der Waals surface area contributed by atoms with E-state index in [1.165, 1.54) is 21.7 Å². The van der Waals surface area contributed by atoms with E-state index in [4.69, 9.17) is 21.9 Å². The molecule has 2 aliphatic heterocycles. The van der Waals surface area contributed by atoms with Crippen LogP contribution in [0.25, 0.3) is 11.7 Å². The molecule has 35 heavy (non-hydrogen) atoms. The summed E-state index contributed by atoms with van der Waals surface area (Å²) in [6, 6.07) is 13.9. The van der Waals surface area contributed by atoms with Gasteiger partial charge in [-0.2, -0.15) is 0 Å². The van der Waals surface area contributed by atoms with Gasteiger partial charge in [-0.05, 0) is 49.5 Å². The Balaban J connectivity index is 1.48. The minimum absolute atomic E-state index is 0.00278. The average Bonchev–Trinajstić information content (AvgIpc) is 3.47. The number of carbonyl (C=O) groups is 1. The number of fused-ring (bicyclic) bond motifs is 1. The third kappa shape index (κ3) is 5.03. The highest BCUT2D eigenvalue weighted by Crippen LogP contribution is 2.34. The number of hydrogen-bond acceptors (Lipinski definition) is 7. The van der Waals surface area contributed by atoms with Gasteiger partial charge in [0.15, 0.2) is 0 Å². The molecule has 0 radical (unpaired) electrons. The minimum Gasteiger partial charge on any atom is -0.376 e. The number of benzene rings is 1. The topological polar surface area (TPSA) is 75.9 Å². The van der Waals surface area contributed by atoms with Crippen LogP contribution in [-0.4, -0.2) is 50.3 Å². The van der Waals surface area contributed by atoms with Crippen LogP contribution in [0.2, 0.25) is 0 Å². The van der Waals surface area contributed by atoms with Gasteiger partial charge in [0.1, 0.15) is 15.8 Å². The molecular weight excluding hydrogens is 480 g/mol. The lowest BCUT2D eigenvalue weighted by atomic mass is 10.1. The number of thiocarbonyl (C=S) groups is 1. The highest BCUT2D eigenvalue weighted by atomic mass is 32.2. The molecule has 1 amide bonds. The number of anilines is 1. The van der Waals surface area contributed by atoms with Crippen LogP contribution in [0.15, 0.2) is 58.4 Å². The standard InChI is InChI=1S/C26H26N4O3S2/c1-17-7-5-13-29-23(17)28-22(27-12-11-18-8-3-2-4-9-18)20(24(29)31)15-21-25(32)30(26(34)35-21)16-19-10-6-14-33-19/h2-5,7-9,13,15,19,27H,6,10-12,14,16H2,1H3/b21-15-/t19-/m1/s1. The van der Waals surface area contributed by atoms with E-state index in [0.29, 0.717) is 46.0 Å². The Morgan fingerprint density at radius 2 is 2.06 bits per heavy atom.